The molecule has 0 bridgehead atoms. The molecule has 2 atom stereocenters. The first-order chi connectivity index (χ1) is 9.63. The van der Waals surface area contributed by atoms with Gasteiger partial charge in [-0.3, -0.25) is 0 Å². The largest absolute Gasteiger partial charge is 0.380 e. The van der Waals surface area contributed by atoms with E-state index in [-0.39, 0.29) is 0 Å². The first-order valence-corrected chi connectivity index (χ1v) is 8.67. The van der Waals surface area contributed by atoms with E-state index in [0.29, 0.717) is 6.04 Å². The lowest BCUT2D eigenvalue weighted by atomic mass is 9.91. The van der Waals surface area contributed by atoms with E-state index in [4.69, 9.17) is 4.74 Å². The molecule has 1 rings (SSSR count). The highest BCUT2D eigenvalue weighted by Crippen LogP contribution is 2.19. The highest BCUT2D eigenvalue weighted by Gasteiger charge is 2.23. The Hall–Kier alpha value is -0.120. The van der Waals surface area contributed by atoms with Crippen molar-refractivity contribution in [2.75, 3.05) is 39.4 Å². The Morgan fingerprint density at radius 1 is 1.25 bits per heavy atom. The smallest absolute Gasteiger partial charge is 0.0591 e. The highest BCUT2D eigenvalue weighted by molar-refractivity contribution is 4.80. The van der Waals surface area contributed by atoms with Gasteiger partial charge in [-0.25, -0.2) is 0 Å². The summed E-state index contributed by atoms with van der Waals surface area (Å²) in [6, 6.07) is 0.614. The van der Waals surface area contributed by atoms with Crippen LogP contribution < -0.4 is 5.32 Å². The minimum absolute atomic E-state index is 0.614. The van der Waals surface area contributed by atoms with Crippen LogP contribution in [0.4, 0.5) is 0 Å². The van der Waals surface area contributed by atoms with Gasteiger partial charge in [0.25, 0.3) is 0 Å². The fraction of sp³-hybridized carbons (Fsp3) is 1.00. The van der Waals surface area contributed by atoms with Crippen LogP contribution in [0.3, 0.4) is 0 Å². The zero-order chi connectivity index (χ0) is 14.8. The van der Waals surface area contributed by atoms with E-state index in [0.717, 1.165) is 31.6 Å². The molecular weight excluding hydrogens is 248 g/mol. The van der Waals surface area contributed by atoms with Crippen molar-refractivity contribution in [1.29, 1.82) is 0 Å². The van der Waals surface area contributed by atoms with Crippen LogP contribution in [-0.2, 0) is 4.74 Å². The lowest BCUT2D eigenvalue weighted by Gasteiger charge is -2.36. The maximum atomic E-state index is 5.67. The maximum Gasteiger partial charge on any atom is 0.0591 e. The van der Waals surface area contributed by atoms with Crippen LogP contribution in [0.25, 0.3) is 0 Å². The Morgan fingerprint density at radius 3 is 2.75 bits per heavy atom. The Kier molecular flexibility index (Phi) is 9.49. The molecule has 1 fully saturated rings. The van der Waals surface area contributed by atoms with Crippen LogP contribution in [0, 0.1) is 11.8 Å². The van der Waals surface area contributed by atoms with Crippen molar-refractivity contribution >= 4 is 0 Å². The van der Waals surface area contributed by atoms with Crippen molar-refractivity contribution in [1.82, 2.24) is 10.2 Å². The number of hydrogen-bond acceptors (Lipinski definition) is 3. The van der Waals surface area contributed by atoms with Crippen LogP contribution in [0.1, 0.15) is 53.4 Å². The van der Waals surface area contributed by atoms with Crippen LogP contribution in [-0.4, -0.2) is 50.3 Å². The molecule has 0 aliphatic carbocycles. The molecule has 0 radical (unpaired) electrons. The normalized spacial score (nSPS) is 22.4. The molecule has 1 saturated heterocycles. The summed E-state index contributed by atoms with van der Waals surface area (Å²) in [7, 11) is 0. The van der Waals surface area contributed by atoms with Gasteiger partial charge in [-0.05, 0) is 57.5 Å². The zero-order valence-electron chi connectivity index (χ0n) is 14.2. The van der Waals surface area contributed by atoms with E-state index in [9.17, 15) is 0 Å². The standard InChI is InChI=1S/C17H36N2O/c1-5-10-19-11-6-7-17(14-19)16(4)18-9-13-20-12-8-15(2)3/h15-18H,5-14H2,1-4H3. The minimum Gasteiger partial charge on any atom is -0.380 e. The van der Waals surface area contributed by atoms with E-state index >= 15 is 0 Å². The average Bonchev–Trinajstić information content (AvgIpc) is 2.43. The van der Waals surface area contributed by atoms with Crippen LogP contribution in [0.5, 0.6) is 0 Å². The maximum absolute atomic E-state index is 5.67. The van der Waals surface area contributed by atoms with Crippen molar-refractivity contribution < 1.29 is 4.74 Å². The third-order valence-electron chi connectivity index (χ3n) is 4.34. The van der Waals surface area contributed by atoms with Crippen LogP contribution >= 0.6 is 0 Å². The minimum atomic E-state index is 0.614. The lowest BCUT2D eigenvalue weighted by Crippen LogP contribution is -2.45. The molecule has 0 aromatic heterocycles. The second kappa shape index (κ2) is 10.6. The van der Waals surface area contributed by atoms with Crippen molar-refractivity contribution in [3.05, 3.63) is 0 Å². The molecule has 1 aliphatic rings. The molecule has 1 aliphatic heterocycles. The molecule has 0 aromatic carbocycles. The summed E-state index contributed by atoms with van der Waals surface area (Å²) in [6.07, 6.45) is 5.19. The van der Waals surface area contributed by atoms with E-state index in [1.165, 1.54) is 45.3 Å². The number of nitrogens with zero attached hydrogens (tertiary/aromatic N) is 1. The summed E-state index contributed by atoms with van der Waals surface area (Å²) in [4.78, 5) is 2.63. The number of rotatable bonds is 10. The lowest BCUT2D eigenvalue weighted by molar-refractivity contribution is 0.114. The molecule has 0 amide bonds. The van der Waals surface area contributed by atoms with Gasteiger partial charge in [0.2, 0.25) is 0 Å². The molecule has 0 aromatic rings. The predicted octanol–water partition coefficient (Wildman–Crippen LogP) is 3.15. The summed E-state index contributed by atoms with van der Waals surface area (Å²) in [5, 5.41) is 3.65. The molecule has 0 spiro atoms. The van der Waals surface area contributed by atoms with Gasteiger partial charge < -0.3 is 15.0 Å². The van der Waals surface area contributed by atoms with Gasteiger partial charge in [0.1, 0.15) is 0 Å². The summed E-state index contributed by atoms with van der Waals surface area (Å²) in [5.74, 6) is 1.56. The van der Waals surface area contributed by atoms with Crippen LogP contribution in [0.15, 0.2) is 0 Å². The van der Waals surface area contributed by atoms with E-state index in [1.54, 1.807) is 0 Å². The van der Waals surface area contributed by atoms with E-state index < -0.39 is 0 Å². The van der Waals surface area contributed by atoms with Crippen molar-refractivity contribution in [2.45, 2.75) is 59.4 Å². The Labute approximate surface area is 126 Å². The average molecular weight is 284 g/mol. The molecule has 0 saturated carbocycles. The van der Waals surface area contributed by atoms with Gasteiger partial charge in [0.05, 0.1) is 6.61 Å². The molecule has 20 heavy (non-hydrogen) atoms. The second-order valence-electron chi connectivity index (χ2n) is 6.74. The topological polar surface area (TPSA) is 24.5 Å². The third kappa shape index (κ3) is 7.61. The fourth-order valence-electron chi connectivity index (χ4n) is 2.97. The Morgan fingerprint density at radius 2 is 2.05 bits per heavy atom. The summed E-state index contributed by atoms with van der Waals surface area (Å²) in [5.41, 5.74) is 0. The predicted molar refractivity (Wildman–Crippen MR) is 87.2 cm³/mol. The molecule has 3 heteroatoms. The van der Waals surface area contributed by atoms with Crippen molar-refractivity contribution in [3.63, 3.8) is 0 Å². The van der Waals surface area contributed by atoms with Gasteiger partial charge in [-0.2, -0.15) is 0 Å². The first-order valence-electron chi connectivity index (χ1n) is 8.67. The molecular formula is C17H36N2O. The molecule has 1 N–H and O–H groups in total. The van der Waals surface area contributed by atoms with Crippen LogP contribution in [0.2, 0.25) is 0 Å². The summed E-state index contributed by atoms with van der Waals surface area (Å²) < 4.78 is 5.67. The number of hydrogen-bond donors (Lipinski definition) is 1. The van der Waals surface area contributed by atoms with Gasteiger partial charge in [0.15, 0.2) is 0 Å². The molecule has 2 unspecified atom stereocenters. The summed E-state index contributed by atoms with van der Waals surface area (Å²) >= 11 is 0. The monoisotopic (exact) mass is 284 g/mol. The van der Waals surface area contributed by atoms with Gasteiger partial charge in [-0.15, -0.1) is 0 Å². The van der Waals surface area contributed by atoms with Gasteiger partial charge in [-0.1, -0.05) is 20.8 Å². The van der Waals surface area contributed by atoms with E-state index in [2.05, 4.69) is 37.9 Å². The Bertz CT molecular complexity index is 231. The summed E-state index contributed by atoms with van der Waals surface area (Å²) in [6.45, 7) is 15.7. The highest BCUT2D eigenvalue weighted by atomic mass is 16.5. The fourth-order valence-corrected chi connectivity index (χ4v) is 2.97. The molecule has 3 nitrogen and oxygen atoms in total. The number of ether oxygens (including phenoxy) is 1. The first kappa shape index (κ1) is 17.9. The second-order valence-corrected chi connectivity index (χ2v) is 6.74. The quantitative estimate of drug-likeness (QED) is 0.624. The molecule has 1 heterocycles. The van der Waals surface area contributed by atoms with Gasteiger partial charge >= 0.3 is 0 Å². The SMILES string of the molecule is CCCN1CCCC(C(C)NCCOCCC(C)C)C1. The Balaban J connectivity index is 2.07. The van der Waals surface area contributed by atoms with Crippen molar-refractivity contribution in [3.8, 4) is 0 Å². The van der Waals surface area contributed by atoms with E-state index in [1.807, 2.05) is 0 Å². The number of nitrogens with one attached hydrogen (secondary N) is 1. The third-order valence-corrected chi connectivity index (χ3v) is 4.34. The molecule has 120 valence electrons. The number of likely N-dealkylation sites (tertiary alicyclic amines) is 1. The number of piperidine rings is 1. The van der Waals surface area contributed by atoms with Gasteiger partial charge in [0, 0.05) is 25.7 Å². The van der Waals surface area contributed by atoms with Crippen molar-refractivity contribution in [2.24, 2.45) is 11.8 Å². The zero-order valence-corrected chi connectivity index (χ0v) is 14.2.